The zero-order valence-electron chi connectivity index (χ0n) is 7.66. The SMILES string of the molecule is O=C1CCOc2ccc(C3CO3)cc21. The van der Waals surface area contributed by atoms with Crippen LogP contribution in [-0.2, 0) is 4.74 Å². The highest BCUT2D eigenvalue weighted by Gasteiger charge is 2.27. The van der Waals surface area contributed by atoms with Crippen molar-refractivity contribution in [2.24, 2.45) is 0 Å². The van der Waals surface area contributed by atoms with Crippen molar-refractivity contribution in [3.63, 3.8) is 0 Å². The lowest BCUT2D eigenvalue weighted by Gasteiger charge is -2.16. The van der Waals surface area contributed by atoms with E-state index in [1.54, 1.807) is 0 Å². The molecule has 0 bridgehead atoms. The molecule has 1 unspecified atom stereocenters. The number of ketones is 1. The first-order valence-corrected chi connectivity index (χ1v) is 4.76. The van der Waals surface area contributed by atoms with E-state index >= 15 is 0 Å². The number of carbonyl (C=O) groups is 1. The van der Waals surface area contributed by atoms with Gasteiger partial charge >= 0.3 is 0 Å². The van der Waals surface area contributed by atoms with Gasteiger partial charge in [0.1, 0.15) is 11.9 Å². The third kappa shape index (κ3) is 1.21. The van der Waals surface area contributed by atoms with E-state index in [0.29, 0.717) is 24.3 Å². The molecule has 2 heterocycles. The Bertz CT molecular complexity index is 394. The Kier molecular flexibility index (Phi) is 1.61. The van der Waals surface area contributed by atoms with Gasteiger partial charge < -0.3 is 9.47 Å². The molecule has 14 heavy (non-hydrogen) atoms. The molecule has 1 atom stereocenters. The summed E-state index contributed by atoms with van der Waals surface area (Å²) in [4.78, 5) is 11.6. The fraction of sp³-hybridized carbons (Fsp3) is 0.364. The van der Waals surface area contributed by atoms with E-state index in [4.69, 9.17) is 9.47 Å². The van der Waals surface area contributed by atoms with Crippen molar-refractivity contribution in [2.45, 2.75) is 12.5 Å². The Morgan fingerprint density at radius 2 is 2.21 bits per heavy atom. The number of fused-ring (bicyclic) bond motifs is 1. The van der Waals surface area contributed by atoms with E-state index in [0.717, 1.165) is 12.2 Å². The standard InChI is InChI=1S/C11H10O3/c12-9-3-4-13-10-2-1-7(5-8(9)10)11-6-14-11/h1-2,5,11H,3-4,6H2. The number of benzene rings is 1. The first-order valence-electron chi connectivity index (χ1n) is 4.76. The molecule has 0 aromatic heterocycles. The molecule has 1 aromatic carbocycles. The molecule has 0 saturated carbocycles. The van der Waals surface area contributed by atoms with Crippen LogP contribution in [-0.4, -0.2) is 19.0 Å². The minimum Gasteiger partial charge on any atom is -0.492 e. The fourth-order valence-electron chi connectivity index (χ4n) is 1.72. The summed E-state index contributed by atoms with van der Waals surface area (Å²) < 4.78 is 10.6. The smallest absolute Gasteiger partial charge is 0.170 e. The summed E-state index contributed by atoms with van der Waals surface area (Å²) in [6.07, 6.45) is 0.692. The molecule has 0 spiro atoms. The zero-order chi connectivity index (χ0) is 9.54. The lowest BCUT2D eigenvalue weighted by molar-refractivity contribution is 0.0933. The van der Waals surface area contributed by atoms with Crippen LogP contribution >= 0.6 is 0 Å². The second kappa shape index (κ2) is 2.82. The molecule has 72 valence electrons. The van der Waals surface area contributed by atoms with Crippen LogP contribution in [0.4, 0.5) is 0 Å². The van der Waals surface area contributed by atoms with Crippen molar-refractivity contribution < 1.29 is 14.3 Å². The van der Waals surface area contributed by atoms with E-state index in [1.165, 1.54) is 0 Å². The van der Waals surface area contributed by atoms with Gasteiger partial charge in [0.15, 0.2) is 5.78 Å². The zero-order valence-corrected chi connectivity index (χ0v) is 7.66. The van der Waals surface area contributed by atoms with Gasteiger partial charge in [-0.2, -0.15) is 0 Å². The van der Waals surface area contributed by atoms with Gasteiger partial charge in [-0.3, -0.25) is 4.79 Å². The van der Waals surface area contributed by atoms with Gasteiger partial charge in [0, 0.05) is 6.42 Å². The molecule has 1 saturated heterocycles. The predicted octanol–water partition coefficient (Wildman–Crippen LogP) is 1.72. The molecule has 3 heteroatoms. The second-order valence-electron chi connectivity index (χ2n) is 3.60. The number of ether oxygens (including phenoxy) is 2. The molecular formula is C11H10O3. The maximum Gasteiger partial charge on any atom is 0.170 e. The van der Waals surface area contributed by atoms with Crippen LogP contribution in [0.15, 0.2) is 18.2 Å². The van der Waals surface area contributed by atoms with Gasteiger partial charge in [-0.25, -0.2) is 0 Å². The molecule has 0 N–H and O–H groups in total. The summed E-state index contributed by atoms with van der Waals surface area (Å²) in [5, 5.41) is 0. The van der Waals surface area contributed by atoms with Crippen molar-refractivity contribution in [1.82, 2.24) is 0 Å². The van der Waals surface area contributed by atoms with E-state index < -0.39 is 0 Å². The highest BCUT2D eigenvalue weighted by Crippen LogP contribution is 2.34. The largest absolute Gasteiger partial charge is 0.492 e. The van der Waals surface area contributed by atoms with Crippen molar-refractivity contribution in [1.29, 1.82) is 0 Å². The van der Waals surface area contributed by atoms with Crippen LogP contribution in [0.2, 0.25) is 0 Å². The van der Waals surface area contributed by atoms with E-state index in [-0.39, 0.29) is 11.9 Å². The summed E-state index contributed by atoms with van der Waals surface area (Å²) in [7, 11) is 0. The molecule has 2 aliphatic rings. The van der Waals surface area contributed by atoms with Gasteiger partial charge in [0.25, 0.3) is 0 Å². The summed E-state index contributed by atoms with van der Waals surface area (Å²) in [6.45, 7) is 1.28. The number of rotatable bonds is 1. The highest BCUT2D eigenvalue weighted by molar-refractivity contribution is 5.99. The number of Topliss-reactive ketones (excluding diaryl/α,β-unsaturated/α-hetero) is 1. The Hall–Kier alpha value is -1.35. The normalized spacial score (nSPS) is 24.0. The number of carbonyl (C=O) groups excluding carboxylic acids is 1. The molecule has 0 amide bonds. The van der Waals surface area contributed by atoms with Gasteiger partial charge in [-0.15, -0.1) is 0 Å². The molecule has 1 aromatic rings. The van der Waals surface area contributed by atoms with Gasteiger partial charge in [0.05, 0.1) is 18.8 Å². The maximum absolute atomic E-state index is 11.6. The van der Waals surface area contributed by atoms with E-state index in [9.17, 15) is 4.79 Å². The van der Waals surface area contributed by atoms with E-state index in [2.05, 4.69) is 0 Å². The Labute approximate surface area is 81.6 Å². The topological polar surface area (TPSA) is 38.8 Å². The Morgan fingerprint density at radius 1 is 1.36 bits per heavy atom. The molecule has 0 radical (unpaired) electrons. The molecule has 0 aliphatic carbocycles. The Morgan fingerprint density at radius 3 is 3.00 bits per heavy atom. The average Bonchev–Trinajstić information content (AvgIpc) is 3.01. The van der Waals surface area contributed by atoms with Gasteiger partial charge in [-0.1, -0.05) is 6.07 Å². The lowest BCUT2D eigenvalue weighted by Crippen LogP contribution is -2.15. The van der Waals surface area contributed by atoms with Crippen LogP contribution in [0.3, 0.4) is 0 Å². The quantitative estimate of drug-likeness (QED) is 0.633. The van der Waals surface area contributed by atoms with Crippen molar-refractivity contribution in [3.8, 4) is 5.75 Å². The number of hydrogen-bond donors (Lipinski definition) is 0. The first kappa shape index (κ1) is 8.00. The highest BCUT2D eigenvalue weighted by atomic mass is 16.6. The van der Waals surface area contributed by atoms with Gasteiger partial charge in [0.2, 0.25) is 0 Å². The Balaban J connectivity index is 2.06. The van der Waals surface area contributed by atoms with Crippen LogP contribution in [0.25, 0.3) is 0 Å². The number of epoxide rings is 1. The van der Waals surface area contributed by atoms with Crippen LogP contribution in [0.5, 0.6) is 5.75 Å². The monoisotopic (exact) mass is 190 g/mol. The summed E-state index contributed by atoms with van der Waals surface area (Å²) in [6, 6.07) is 5.73. The third-order valence-corrected chi connectivity index (χ3v) is 2.60. The minimum absolute atomic E-state index is 0.175. The molecule has 3 nitrogen and oxygen atoms in total. The van der Waals surface area contributed by atoms with Crippen LogP contribution < -0.4 is 4.74 Å². The van der Waals surface area contributed by atoms with Crippen molar-refractivity contribution >= 4 is 5.78 Å². The first-order chi connectivity index (χ1) is 6.84. The lowest BCUT2D eigenvalue weighted by atomic mass is 10.0. The summed E-state index contributed by atoms with van der Waals surface area (Å²) >= 11 is 0. The predicted molar refractivity (Wildman–Crippen MR) is 49.6 cm³/mol. The van der Waals surface area contributed by atoms with Crippen LogP contribution in [0.1, 0.15) is 28.4 Å². The van der Waals surface area contributed by atoms with Gasteiger partial charge in [-0.05, 0) is 17.7 Å². The molecule has 3 rings (SSSR count). The molecule has 2 aliphatic heterocycles. The third-order valence-electron chi connectivity index (χ3n) is 2.60. The number of hydrogen-bond acceptors (Lipinski definition) is 3. The maximum atomic E-state index is 11.6. The molecule has 1 fully saturated rings. The fourth-order valence-corrected chi connectivity index (χ4v) is 1.72. The average molecular weight is 190 g/mol. The molecular weight excluding hydrogens is 180 g/mol. The summed E-state index contributed by atoms with van der Waals surface area (Å²) in [5.74, 6) is 0.888. The second-order valence-corrected chi connectivity index (χ2v) is 3.60. The van der Waals surface area contributed by atoms with Crippen molar-refractivity contribution in [3.05, 3.63) is 29.3 Å². The van der Waals surface area contributed by atoms with Crippen molar-refractivity contribution in [2.75, 3.05) is 13.2 Å². The van der Waals surface area contributed by atoms with E-state index in [1.807, 2.05) is 18.2 Å². The van der Waals surface area contributed by atoms with Crippen LogP contribution in [0, 0.1) is 0 Å². The summed E-state index contributed by atoms with van der Waals surface area (Å²) in [5.41, 5.74) is 1.80. The minimum atomic E-state index is 0.175.